The Bertz CT molecular complexity index is 323. The Balaban J connectivity index is 2.30. The topological polar surface area (TPSA) is 84.9 Å². The average Bonchev–Trinajstić information content (AvgIpc) is 2.41. The molecule has 1 aliphatic heterocycles. The van der Waals surface area contributed by atoms with Crippen LogP contribution in [0.5, 0.6) is 0 Å². The molecule has 3 atom stereocenters. The van der Waals surface area contributed by atoms with Crippen LogP contribution in [-0.4, -0.2) is 41.5 Å². The zero-order chi connectivity index (χ0) is 13.9. The molecular weight excluding hydrogens is 238 g/mol. The van der Waals surface area contributed by atoms with Gasteiger partial charge in [0.1, 0.15) is 17.8 Å². The van der Waals surface area contributed by atoms with Gasteiger partial charge in [-0.15, -0.1) is 0 Å². The second-order valence-corrected chi connectivity index (χ2v) is 5.46. The summed E-state index contributed by atoms with van der Waals surface area (Å²) in [5, 5.41) is 12.2. The Kier molecular flexibility index (Phi) is 4.56. The van der Waals surface area contributed by atoms with E-state index in [9.17, 15) is 14.7 Å². The van der Waals surface area contributed by atoms with Crippen molar-refractivity contribution in [2.45, 2.75) is 51.9 Å². The van der Waals surface area contributed by atoms with Crippen LogP contribution in [0.4, 0.5) is 4.79 Å². The number of hydrogen-bond acceptors (Lipinski definition) is 5. The summed E-state index contributed by atoms with van der Waals surface area (Å²) in [4.78, 5) is 22.7. The van der Waals surface area contributed by atoms with Gasteiger partial charge < -0.3 is 19.9 Å². The maximum atomic E-state index is 11.4. The lowest BCUT2D eigenvalue weighted by atomic mass is 9.98. The van der Waals surface area contributed by atoms with Crippen LogP contribution in [-0.2, 0) is 14.3 Å². The lowest BCUT2D eigenvalue weighted by Gasteiger charge is -2.20. The molecule has 0 aliphatic carbocycles. The third-order valence-corrected chi connectivity index (χ3v) is 2.62. The van der Waals surface area contributed by atoms with E-state index in [4.69, 9.17) is 9.47 Å². The van der Waals surface area contributed by atoms with E-state index in [1.165, 1.54) is 0 Å². The molecule has 1 rings (SSSR count). The minimum absolute atomic E-state index is 0.262. The first-order chi connectivity index (χ1) is 8.20. The van der Waals surface area contributed by atoms with Crippen LogP contribution < -0.4 is 5.32 Å². The minimum atomic E-state index is -0.807. The summed E-state index contributed by atoms with van der Waals surface area (Å²) >= 11 is 0. The number of carbonyl (C=O) groups excluding carboxylic acids is 2. The number of alkyl carbamates (subject to hydrolysis) is 1. The van der Waals surface area contributed by atoms with Crippen LogP contribution in [0.25, 0.3) is 0 Å². The van der Waals surface area contributed by atoms with Crippen LogP contribution in [0.1, 0.15) is 34.1 Å². The first kappa shape index (κ1) is 14.8. The summed E-state index contributed by atoms with van der Waals surface area (Å²) in [7, 11) is 0. The molecule has 0 unspecified atom stereocenters. The van der Waals surface area contributed by atoms with Gasteiger partial charge in [0.05, 0.1) is 5.92 Å². The predicted molar refractivity (Wildman–Crippen MR) is 63.9 cm³/mol. The smallest absolute Gasteiger partial charge is 0.407 e. The van der Waals surface area contributed by atoms with Gasteiger partial charge in [0, 0.05) is 6.54 Å². The maximum absolute atomic E-state index is 11.4. The molecule has 0 aromatic rings. The molecule has 1 aliphatic rings. The lowest BCUT2D eigenvalue weighted by Crippen LogP contribution is -2.35. The number of hydrogen-bond donors (Lipinski definition) is 2. The third-order valence-electron chi connectivity index (χ3n) is 2.62. The van der Waals surface area contributed by atoms with Crippen molar-refractivity contribution >= 4 is 12.1 Å². The van der Waals surface area contributed by atoms with Crippen LogP contribution in [0.2, 0.25) is 0 Å². The molecule has 1 fully saturated rings. The van der Waals surface area contributed by atoms with E-state index < -0.39 is 35.8 Å². The van der Waals surface area contributed by atoms with E-state index in [1.54, 1.807) is 27.7 Å². The fourth-order valence-electron chi connectivity index (χ4n) is 1.74. The van der Waals surface area contributed by atoms with Gasteiger partial charge in [-0.2, -0.15) is 0 Å². The Hall–Kier alpha value is -1.30. The second kappa shape index (κ2) is 5.56. The van der Waals surface area contributed by atoms with Crippen molar-refractivity contribution in [3.05, 3.63) is 0 Å². The summed E-state index contributed by atoms with van der Waals surface area (Å²) in [5.74, 6) is -0.990. The van der Waals surface area contributed by atoms with E-state index in [2.05, 4.69) is 5.32 Å². The molecule has 0 radical (unpaired) electrons. The SMILES string of the molecule is C[C@H]1OC(=O)[C@H](CCNC(=O)OC(C)(C)C)[C@H]1O. The van der Waals surface area contributed by atoms with Crippen molar-refractivity contribution in [1.29, 1.82) is 0 Å². The van der Waals surface area contributed by atoms with Gasteiger partial charge in [-0.3, -0.25) is 4.79 Å². The standard InChI is InChI=1S/C12H21NO5/c1-7-9(14)8(10(15)17-7)5-6-13-11(16)18-12(2,3)4/h7-9,14H,5-6H2,1-4H3,(H,13,16)/t7-,8-,9+/m1/s1. The molecule has 18 heavy (non-hydrogen) atoms. The molecule has 1 heterocycles. The largest absolute Gasteiger partial charge is 0.460 e. The Morgan fingerprint density at radius 2 is 2.11 bits per heavy atom. The number of esters is 1. The van der Waals surface area contributed by atoms with Crippen molar-refractivity contribution < 1.29 is 24.2 Å². The van der Waals surface area contributed by atoms with E-state index in [1.807, 2.05) is 0 Å². The van der Waals surface area contributed by atoms with Gasteiger partial charge >= 0.3 is 12.1 Å². The Morgan fingerprint density at radius 1 is 1.50 bits per heavy atom. The van der Waals surface area contributed by atoms with Gasteiger partial charge in [-0.05, 0) is 34.1 Å². The van der Waals surface area contributed by atoms with Gasteiger partial charge in [0.15, 0.2) is 0 Å². The highest BCUT2D eigenvalue weighted by molar-refractivity contribution is 5.75. The highest BCUT2D eigenvalue weighted by Crippen LogP contribution is 2.24. The molecule has 0 aromatic heterocycles. The first-order valence-corrected chi connectivity index (χ1v) is 6.06. The van der Waals surface area contributed by atoms with Gasteiger partial charge in [0.2, 0.25) is 0 Å². The molecule has 104 valence electrons. The first-order valence-electron chi connectivity index (χ1n) is 6.06. The number of carbonyl (C=O) groups is 2. The molecule has 0 bridgehead atoms. The molecule has 2 N–H and O–H groups in total. The summed E-state index contributed by atoms with van der Waals surface area (Å²) in [6.07, 6.45) is -1.48. The number of ether oxygens (including phenoxy) is 2. The van der Waals surface area contributed by atoms with Gasteiger partial charge in [-0.25, -0.2) is 4.79 Å². The molecule has 0 saturated carbocycles. The summed E-state index contributed by atoms with van der Waals surface area (Å²) in [6.45, 7) is 7.22. The lowest BCUT2D eigenvalue weighted by molar-refractivity contribution is -0.143. The zero-order valence-electron chi connectivity index (χ0n) is 11.2. The van der Waals surface area contributed by atoms with Crippen molar-refractivity contribution in [1.82, 2.24) is 5.32 Å². The predicted octanol–water partition coefficient (Wildman–Crippen LogP) is 0.824. The van der Waals surface area contributed by atoms with Gasteiger partial charge in [-0.1, -0.05) is 0 Å². The number of aliphatic hydroxyl groups is 1. The summed E-state index contributed by atoms with van der Waals surface area (Å²) in [5.41, 5.74) is -0.551. The van der Waals surface area contributed by atoms with Crippen molar-refractivity contribution in [2.75, 3.05) is 6.54 Å². The van der Waals surface area contributed by atoms with Crippen molar-refractivity contribution in [3.63, 3.8) is 0 Å². The normalized spacial score (nSPS) is 27.8. The Labute approximate surface area is 107 Å². The minimum Gasteiger partial charge on any atom is -0.460 e. The van der Waals surface area contributed by atoms with Crippen LogP contribution >= 0.6 is 0 Å². The molecule has 6 nitrogen and oxygen atoms in total. The number of rotatable bonds is 3. The number of aliphatic hydroxyl groups excluding tert-OH is 1. The Morgan fingerprint density at radius 3 is 2.56 bits per heavy atom. The second-order valence-electron chi connectivity index (χ2n) is 5.46. The van der Waals surface area contributed by atoms with Crippen LogP contribution in [0.15, 0.2) is 0 Å². The molecule has 1 saturated heterocycles. The van der Waals surface area contributed by atoms with E-state index in [-0.39, 0.29) is 6.54 Å². The van der Waals surface area contributed by atoms with Crippen molar-refractivity contribution in [2.24, 2.45) is 5.92 Å². The van der Waals surface area contributed by atoms with E-state index in [0.29, 0.717) is 6.42 Å². The molecule has 0 spiro atoms. The third kappa shape index (κ3) is 4.18. The number of cyclic esters (lactones) is 1. The summed E-state index contributed by atoms with van der Waals surface area (Å²) in [6, 6.07) is 0. The highest BCUT2D eigenvalue weighted by Gasteiger charge is 2.40. The monoisotopic (exact) mass is 259 g/mol. The molecular formula is C12H21NO5. The van der Waals surface area contributed by atoms with E-state index in [0.717, 1.165) is 0 Å². The molecule has 6 heteroatoms. The number of nitrogens with one attached hydrogen (secondary N) is 1. The molecule has 0 aromatic carbocycles. The number of amides is 1. The fraction of sp³-hybridized carbons (Fsp3) is 0.833. The molecule has 1 amide bonds. The average molecular weight is 259 g/mol. The highest BCUT2D eigenvalue weighted by atomic mass is 16.6. The quantitative estimate of drug-likeness (QED) is 0.733. The maximum Gasteiger partial charge on any atom is 0.407 e. The van der Waals surface area contributed by atoms with E-state index >= 15 is 0 Å². The van der Waals surface area contributed by atoms with Gasteiger partial charge in [0.25, 0.3) is 0 Å². The van der Waals surface area contributed by atoms with Crippen LogP contribution in [0, 0.1) is 5.92 Å². The zero-order valence-corrected chi connectivity index (χ0v) is 11.2. The van der Waals surface area contributed by atoms with Crippen molar-refractivity contribution in [3.8, 4) is 0 Å². The fourth-order valence-corrected chi connectivity index (χ4v) is 1.74. The summed E-state index contributed by atoms with van der Waals surface area (Å²) < 4.78 is 9.94. The van der Waals surface area contributed by atoms with Crippen LogP contribution in [0.3, 0.4) is 0 Å².